The molecule has 3 N–H and O–H groups in total. The molecule has 1 aromatic heterocycles. The van der Waals surface area contributed by atoms with E-state index in [1.165, 1.54) is 6.07 Å². The Morgan fingerprint density at radius 1 is 1.58 bits per heavy atom. The van der Waals surface area contributed by atoms with Gasteiger partial charge in [0, 0.05) is 12.1 Å². The van der Waals surface area contributed by atoms with Gasteiger partial charge in [-0.1, -0.05) is 0 Å². The molecular weight excluding hydrogens is 228 g/mol. The number of pyridine rings is 1. The molecule has 0 fully saturated rings. The molecule has 0 saturated carbocycles. The molecule has 0 aliphatic carbocycles. The minimum Gasteiger partial charge on any atom is -0.465 e. The van der Waals surface area contributed by atoms with Crippen LogP contribution in [0.25, 0.3) is 0 Å². The van der Waals surface area contributed by atoms with Crippen molar-refractivity contribution in [1.29, 1.82) is 0 Å². The summed E-state index contributed by atoms with van der Waals surface area (Å²) in [5, 5.41) is 10.3. The van der Waals surface area contributed by atoms with Crippen LogP contribution in [0.2, 0.25) is 0 Å². The summed E-state index contributed by atoms with van der Waals surface area (Å²) in [6, 6.07) is 2.45. The van der Waals surface area contributed by atoms with E-state index in [-0.39, 0.29) is 11.2 Å². The number of H-pyrrole nitrogens is 1. The fourth-order valence-electron chi connectivity index (χ4n) is 0.692. The van der Waals surface area contributed by atoms with E-state index >= 15 is 0 Å². The van der Waals surface area contributed by atoms with Gasteiger partial charge in [-0.25, -0.2) is 4.79 Å². The van der Waals surface area contributed by atoms with Crippen LogP contribution in [-0.2, 0) is 0 Å². The molecule has 0 aliphatic heterocycles. The predicted molar refractivity (Wildman–Crippen MR) is 46.4 cm³/mol. The van der Waals surface area contributed by atoms with Crippen LogP contribution in [0.3, 0.4) is 0 Å². The highest BCUT2D eigenvalue weighted by Crippen LogP contribution is 2.06. The number of nitrogens with one attached hydrogen (secondary N) is 2. The Hall–Kier alpha value is -1.30. The fraction of sp³-hybridized carbons (Fsp3) is 0. The van der Waals surface area contributed by atoms with E-state index < -0.39 is 6.09 Å². The van der Waals surface area contributed by atoms with Gasteiger partial charge in [-0.15, -0.1) is 0 Å². The summed E-state index contributed by atoms with van der Waals surface area (Å²) in [6.45, 7) is 0. The third-order valence-corrected chi connectivity index (χ3v) is 1.48. The number of anilines is 1. The van der Waals surface area contributed by atoms with Gasteiger partial charge < -0.3 is 10.1 Å². The van der Waals surface area contributed by atoms with Crippen LogP contribution >= 0.6 is 15.9 Å². The van der Waals surface area contributed by atoms with Gasteiger partial charge >= 0.3 is 6.09 Å². The maximum Gasteiger partial charge on any atom is 0.410 e. The Kier molecular flexibility index (Phi) is 2.49. The topological polar surface area (TPSA) is 82.2 Å². The number of rotatable bonds is 1. The van der Waals surface area contributed by atoms with E-state index in [1.54, 1.807) is 0 Å². The first-order valence-electron chi connectivity index (χ1n) is 2.98. The number of carboxylic acid groups (broad SMARTS) is 1. The molecule has 1 amide bonds. The molecule has 0 spiro atoms. The Labute approximate surface area is 75.6 Å². The standard InChI is InChI=1S/C6H5BrN2O3/c7-4-1-3(10)2-5(8-4)9-6(11)12/h1-2H,(H,11,12)(H2,8,9,10). The van der Waals surface area contributed by atoms with Gasteiger partial charge in [0.2, 0.25) is 0 Å². The zero-order chi connectivity index (χ0) is 9.14. The highest BCUT2D eigenvalue weighted by molar-refractivity contribution is 9.10. The van der Waals surface area contributed by atoms with Crippen LogP contribution in [0.15, 0.2) is 21.5 Å². The lowest BCUT2D eigenvalue weighted by Gasteiger charge is -1.99. The maximum absolute atomic E-state index is 10.8. The van der Waals surface area contributed by atoms with Crippen molar-refractivity contribution in [3.63, 3.8) is 0 Å². The fourth-order valence-corrected chi connectivity index (χ4v) is 1.13. The van der Waals surface area contributed by atoms with Gasteiger partial charge in [0.1, 0.15) is 5.82 Å². The molecule has 0 atom stereocenters. The van der Waals surface area contributed by atoms with E-state index in [1.807, 2.05) is 5.32 Å². The third-order valence-electron chi connectivity index (χ3n) is 1.05. The molecule has 0 bridgehead atoms. The van der Waals surface area contributed by atoms with Gasteiger partial charge in [-0.3, -0.25) is 10.1 Å². The zero-order valence-electron chi connectivity index (χ0n) is 5.80. The smallest absolute Gasteiger partial charge is 0.410 e. The minimum atomic E-state index is -1.22. The van der Waals surface area contributed by atoms with Crippen LogP contribution in [0, 0.1) is 0 Å². The minimum absolute atomic E-state index is 0.141. The molecule has 64 valence electrons. The molecule has 0 unspecified atom stereocenters. The van der Waals surface area contributed by atoms with Gasteiger partial charge in [0.15, 0.2) is 5.43 Å². The monoisotopic (exact) mass is 232 g/mol. The lowest BCUT2D eigenvalue weighted by Crippen LogP contribution is -2.11. The van der Waals surface area contributed by atoms with E-state index in [4.69, 9.17) is 5.11 Å². The normalized spacial score (nSPS) is 9.42. The number of hydrogen-bond acceptors (Lipinski definition) is 2. The summed E-state index contributed by atoms with van der Waals surface area (Å²) in [5.74, 6) is 0.141. The van der Waals surface area contributed by atoms with E-state index in [0.29, 0.717) is 4.60 Å². The van der Waals surface area contributed by atoms with Crippen LogP contribution in [0.5, 0.6) is 0 Å². The van der Waals surface area contributed by atoms with Crippen molar-refractivity contribution in [3.05, 3.63) is 27.0 Å². The average molecular weight is 233 g/mol. The number of hydrogen-bond donors (Lipinski definition) is 3. The lowest BCUT2D eigenvalue weighted by molar-refractivity contribution is 0.209. The first-order valence-corrected chi connectivity index (χ1v) is 3.77. The number of halogens is 1. The van der Waals surface area contributed by atoms with Gasteiger partial charge in [0.05, 0.1) is 4.60 Å². The Morgan fingerprint density at radius 3 is 2.75 bits per heavy atom. The Bertz CT molecular complexity index is 360. The van der Waals surface area contributed by atoms with Crippen molar-refractivity contribution < 1.29 is 9.90 Å². The molecule has 0 saturated heterocycles. The SMILES string of the molecule is O=C(O)Nc1cc(=O)cc(Br)[nH]1. The average Bonchev–Trinajstić information content (AvgIpc) is 1.81. The van der Waals surface area contributed by atoms with Crippen LogP contribution < -0.4 is 10.7 Å². The van der Waals surface area contributed by atoms with Crippen molar-refractivity contribution in [2.45, 2.75) is 0 Å². The molecular formula is C6H5BrN2O3. The van der Waals surface area contributed by atoms with Gasteiger partial charge in [0.25, 0.3) is 0 Å². The van der Waals surface area contributed by atoms with E-state index in [0.717, 1.165) is 6.07 Å². The van der Waals surface area contributed by atoms with Gasteiger partial charge in [-0.05, 0) is 15.9 Å². The number of aromatic amines is 1. The van der Waals surface area contributed by atoms with Crippen LogP contribution in [-0.4, -0.2) is 16.2 Å². The van der Waals surface area contributed by atoms with Crippen molar-refractivity contribution in [2.24, 2.45) is 0 Å². The Balaban J connectivity index is 3.01. The summed E-state index contributed by atoms with van der Waals surface area (Å²) < 4.78 is 0.429. The third kappa shape index (κ3) is 2.39. The molecule has 1 aromatic rings. The van der Waals surface area contributed by atoms with Crippen LogP contribution in [0.1, 0.15) is 0 Å². The highest BCUT2D eigenvalue weighted by Gasteiger charge is 1.99. The second kappa shape index (κ2) is 3.40. The molecule has 6 heteroatoms. The summed E-state index contributed by atoms with van der Waals surface area (Å²) in [5.41, 5.74) is -0.274. The van der Waals surface area contributed by atoms with Crippen molar-refractivity contribution >= 4 is 27.8 Å². The zero-order valence-corrected chi connectivity index (χ0v) is 7.38. The molecule has 1 heterocycles. The molecule has 5 nitrogen and oxygen atoms in total. The summed E-state index contributed by atoms with van der Waals surface area (Å²) in [4.78, 5) is 23.6. The van der Waals surface area contributed by atoms with E-state index in [2.05, 4.69) is 20.9 Å². The lowest BCUT2D eigenvalue weighted by atomic mass is 10.4. The predicted octanol–water partition coefficient (Wildman–Crippen LogP) is 1.23. The summed E-state index contributed by atoms with van der Waals surface area (Å²) in [7, 11) is 0. The largest absolute Gasteiger partial charge is 0.465 e. The molecule has 12 heavy (non-hydrogen) atoms. The number of aromatic nitrogens is 1. The molecule has 0 radical (unpaired) electrons. The van der Waals surface area contributed by atoms with Crippen molar-refractivity contribution in [1.82, 2.24) is 4.98 Å². The Morgan fingerprint density at radius 2 is 2.25 bits per heavy atom. The second-order valence-electron chi connectivity index (χ2n) is 2.01. The molecule has 1 rings (SSSR count). The number of amides is 1. The van der Waals surface area contributed by atoms with Gasteiger partial charge in [-0.2, -0.15) is 0 Å². The second-order valence-corrected chi connectivity index (χ2v) is 2.86. The van der Waals surface area contributed by atoms with Crippen molar-refractivity contribution in [2.75, 3.05) is 5.32 Å². The summed E-state index contributed by atoms with van der Waals surface area (Å²) >= 11 is 3.01. The van der Waals surface area contributed by atoms with Crippen LogP contribution in [0.4, 0.5) is 10.6 Å². The highest BCUT2D eigenvalue weighted by atomic mass is 79.9. The molecule has 0 aliphatic rings. The maximum atomic E-state index is 10.8. The first-order chi connectivity index (χ1) is 5.58. The van der Waals surface area contributed by atoms with Crippen molar-refractivity contribution in [3.8, 4) is 0 Å². The molecule has 0 aromatic carbocycles. The summed E-state index contributed by atoms with van der Waals surface area (Å²) in [6.07, 6.45) is -1.22. The first kappa shape index (κ1) is 8.79. The number of carbonyl (C=O) groups is 1. The quantitative estimate of drug-likeness (QED) is 0.638. The van der Waals surface area contributed by atoms with E-state index in [9.17, 15) is 9.59 Å².